The third-order valence-corrected chi connectivity index (χ3v) is 7.29. The van der Waals surface area contributed by atoms with E-state index in [1.807, 2.05) is 36.5 Å². The molecule has 2 atom stereocenters. The first-order valence-corrected chi connectivity index (χ1v) is 11.8. The molecular weight excluding hydrogens is 416 g/mol. The van der Waals surface area contributed by atoms with Gasteiger partial charge >= 0.3 is 0 Å². The molecule has 166 valence electrons. The summed E-state index contributed by atoms with van der Waals surface area (Å²) in [5.41, 5.74) is 5.90. The standard InChI is InChI=1S/C26H30N4OS/c1-17-16-20(18(2)29(17)19-10-4-5-11-19)25-24(21-12-8-9-15-27-21)28-26(32)30(25)22-13-6-7-14-23(22)31-3/h6-9,12-16,19,24-25H,4-5,10-11H2,1-3H3,(H,28,32)/t24-,25+/m0/s1. The Hall–Kier alpha value is -2.86. The normalized spacial score (nSPS) is 21.2. The van der Waals surface area contributed by atoms with Gasteiger partial charge in [0, 0.05) is 23.6 Å². The van der Waals surface area contributed by atoms with Crippen molar-refractivity contribution >= 4 is 23.0 Å². The quantitative estimate of drug-likeness (QED) is 0.502. The van der Waals surface area contributed by atoms with Crippen LogP contribution in [0.15, 0.2) is 54.7 Å². The van der Waals surface area contributed by atoms with Crippen molar-refractivity contribution < 1.29 is 4.74 Å². The van der Waals surface area contributed by atoms with E-state index >= 15 is 0 Å². The molecule has 5 rings (SSSR count). The molecule has 0 spiro atoms. The number of anilines is 1. The van der Waals surface area contributed by atoms with Crippen molar-refractivity contribution in [2.75, 3.05) is 12.0 Å². The number of hydrogen-bond donors (Lipinski definition) is 1. The van der Waals surface area contributed by atoms with Gasteiger partial charge in [0.2, 0.25) is 0 Å². The Bertz CT molecular complexity index is 1120. The third-order valence-electron chi connectivity index (χ3n) is 6.97. The number of nitrogens with one attached hydrogen (secondary N) is 1. The fourth-order valence-corrected chi connectivity index (χ4v) is 5.92. The van der Waals surface area contributed by atoms with Crippen LogP contribution in [0.1, 0.15) is 66.5 Å². The summed E-state index contributed by atoms with van der Waals surface area (Å²) in [5, 5.41) is 4.27. The van der Waals surface area contributed by atoms with Crippen LogP contribution in [0.2, 0.25) is 0 Å². The van der Waals surface area contributed by atoms with E-state index in [2.05, 4.69) is 46.8 Å². The molecule has 3 heterocycles. The molecule has 0 unspecified atom stereocenters. The number of para-hydroxylation sites is 2. The lowest BCUT2D eigenvalue weighted by atomic mass is 9.96. The smallest absolute Gasteiger partial charge is 0.174 e. The molecule has 1 aliphatic heterocycles. The van der Waals surface area contributed by atoms with Gasteiger partial charge in [-0.1, -0.05) is 31.0 Å². The number of ether oxygens (including phenoxy) is 1. The van der Waals surface area contributed by atoms with Gasteiger partial charge in [0.1, 0.15) is 5.75 Å². The number of pyridine rings is 1. The van der Waals surface area contributed by atoms with E-state index in [0.29, 0.717) is 11.2 Å². The molecule has 2 aliphatic rings. The Balaban J connectivity index is 1.67. The highest BCUT2D eigenvalue weighted by molar-refractivity contribution is 7.80. The Labute approximate surface area is 195 Å². The number of rotatable bonds is 5. The first-order valence-electron chi connectivity index (χ1n) is 11.4. The summed E-state index contributed by atoms with van der Waals surface area (Å²) in [4.78, 5) is 6.91. The second kappa shape index (κ2) is 8.58. The topological polar surface area (TPSA) is 42.3 Å². The maximum Gasteiger partial charge on any atom is 0.174 e. The van der Waals surface area contributed by atoms with Crippen LogP contribution < -0.4 is 15.0 Å². The van der Waals surface area contributed by atoms with Crippen LogP contribution in [-0.4, -0.2) is 21.8 Å². The molecule has 6 heteroatoms. The summed E-state index contributed by atoms with van der Waals surface area (Å²) >= 11 is 5.90. The molecular formula is C26H30N4OS. The number of hydrogen-bond acceptors (Lipinski definition) is 3. The molecule has 2 fully saturated rings. The van der Waals surface area contributed by atoms with Crippen LogP contribution in [-0.2, 0) is 0 Å². The van der Waals surface area contributed by atoms with Crippen LogP contribution in [0.4, 0.5) is 5.69 Å². The summed E-state index contributed by atoms with van der Waals surface area (Å²) in [6.07, 6.45) is 7.00. The first-order chi connectivity index (χ1) is 15.6. The van der Waals surface area contributed by atoms with E-state index in [4.69, 9.17) is 21.9 Å². The van der Waals surface area contributed by atoms with Crippen molar-refractivity contribution in [2.24, 2.45) is 0 Å². The number of aryl methyl sites for hydroxylation is 1. The molecule has 1 saturated carbocycles. The summed E-state index contributed by atoms with van der Waals surface area (Å²) < 4.78 is 8.28. The predicted molar refractivity (Wildman–Crippen MR) is 132 cm³/mol. The Morgan fingerprint density at radius 1 is 1.06 bits per heavy atom. The number of methoxy groups -OCH3 is 1. The van der Waals surface area contributed by atoms with Crippen molar-refractivity contribution in [1.29, 1.82) is 0 Å². The van der Waals surface area contributed by atoms with E-state index in [9.17, 15) is 0 Å². The summed E-state index contributed by atoms with van der Waals surface area (Å²) in [6, 6.07) is 17.1. The minimum absolute atomic E-state index is 0.0185. The zero-order valence-electron chi connectivity index (χ0n) is 18.9. The average molecular weight is 447 g/mol. The van der Waals surface area contributed by atoms with Crippen LogP contribution in [0.5, 0.6) is 5.75 Å². The van der Waals surface area contributed by atoms with Gasteiger partial charge in [0.15, 0.2) is 5.11 Å². The number of thiocarbonyl (C=S) groups is 1. The third kappa shape index (κ3) is 3.47. The minimum atomic E-state index is -0.0499. The predicted octanol–water partition coefficient (Wildman–Crippen LogP) is 5.80. The van der Waals surface area contributed by atoms with Crippen LogP contribution in [0.25, 0.3) is 0 Å². The zero-order valence-corrected chi connectivity index (χ0v) is 19.7. The van der Waals surface area contributed by atoms with E-state index in [0.717, 1.165) is 17.1 Å². The minimum Gasteiger partial charge on any atom is -0.495 e. The van der Waals surface area contributed by atoms with Gasteiger partial charge in [-0.25, -0.2) is 0 Å². The number of aromatic nitrogens is 2. The maximum atomic E-state index is 5.90. The van der Waals surface area contributed by atoms with E-state index in [1.165, 1.54) is 42.6 Å². The van der Waals surface area contributed by atoms with Crippen molar-refractivity contribution in [3.63, 3.8) is 0 Å². The summed E-state index contributed by atoms with van der Waals surface area (Å²) in [5.74, 6) is 0.813. The molecule has 1 N–H and O–H groups in total. The highest BCUT2D eigenvalue weighted by atomic mass is 32.1. The van der Waals surface area contributed by atoms with Gasteiger partial charge in [-0.3, -0.25) is 4.98 Å². The van der Waals surface area contributed by atoms with Gasteiger partial charge in [-0.15, -0.1) is 0 Å². The molecule has 0 radical (unpaired) electrons. The van der Waals surface area contributed by atoms with Crippen molar-refractivity contribution in [3.05, 3.63) is 77.4 Å². The lowest BCUT2D eigenvalue weighted by Crippen LogP contribution is -2.30. The second-order valence-corrected chi connectivity index (χ2v) is 9.19. The molecule has 1 saturated heterocycles. The lowest BCUT2D eigenvalue weighted by Gasteiger charge is -2.29. The van der Waals surface area contributed by atoms with Crippen LogP contribution in [0.3, 0.4) is 0 Å². The SMILES string of the molecule is COc1ccccc1N1C(=S)N[C@@H](c2ccccn2)[C@H]1c1cc(C)n(C2CCCC2)c1C. The fourth-order valence-electron chi connectivity index (χ4n) is 5.59. The monoisotopic (exact) mass is 446 g/mol. The van der Waals surface area contributed by atoms with Gasteiger partial charge in [0.25, 0.3) is 0 Å². The molecule has 1 aliphatic carbocycles. The van der Waals surface area contributed by atoms with Gasteiger partial charge in [0.05, 0.1) is 30.6 Å². The van der Waals surface area contributed by atoms with E-state index in [1.54, 1.807) is 7.11 Å². The Kier molecular flexibility index (Phi) is 5.64. The lowest BCUT2D eigenvalue weighted by molar-refractivity contribution is 0.414. The second-order valence-electron chi connectivity index (χ2n) is 8.80. The Morgan fingerprint density at radius 3 is 2.53 bits per heavy atom. The zero-order chi connectivity index (χ0) is 22.2. The van der Waals surface area contributed by atoms with E-state index < -0.39 is 0 Å². The first kappa shape index (κ1) is 21.0. The molecule has 0 bridgehead atoms. The van der Waals surface area contributed by atoms with Crippen LogP contribution in [0, 0.1) is 13.8 Å². The summed E-state index contributed by atoms with van der Waals surface area (Å²) in [7, 11) is 1.71. The summed E-state index contributed by atoms with van der Waals surface area (Å²) in [6.45, 7) is 4.50. The molecule has 2 aromatic heterocycles. The highest BCUT2D eigenvalue weighted by Gasteiger charge is 2.43. The molecule has 32 heavy (non-hydrogen) atoms. The van der Waals surface area contributed by atoms with Gasteiger partial charge < -0.3 is 19.5 Å². The largest absolute Gasteiger partial charge is 0.495 e. The average Bonchev–Trinajstić information content (AvgIpc) is 3.52. The van der Waals surface area contributed by atoms with E-state index in [-0.39, 0.29) is 12.1 Å². The van der Waals surface area contributed by atoms with Crippen molar-refractivity contribution in [1.82, 2.24) is 14.9 Å². The molecule has 5 nitrogen and oxygen atoms in total. The van der Waals surface area contributed by atoms with Gasteiger partial charge in [-0.05, 0) is 74.8 Å². The fraction of sp³-hybridized carbons (Fsp3) is 0.385. The molecule has 0 amide bonds. The number of benzene rings is 1. The van der Waals surface area contributed by atoms with Crippen molar-refractivity contribution in [3.8, 4) is 5.75 Å². The Morgan fingerprint density at radius 2 is 1.81 bits per heavy atom. The molecule has 1 aromatic carbocycles. The number of nitrogens with zero attached hydrogens (tertiary/aromatic N) is 3. The van der Waals surface area contributed by atoms with Crippen molar-refractivity contribution in [2.45, 2.75) is 57.7 Å². The highest BCUT2D eigenvalue weighted by Crippen LogP contribution is 2.46. The van der Waals surface area contributed by atoms with Crippen LogP contribution >= 0.6 is 12.2 Å². The maximum absolute atomic E-state index is 5.90. The molecule has 3 aromatic rings. The van der Waals surface area contributed by atoms with Gasteiger partial charge in [-0.2, -0.15) is 0 Å².